The average molecular weight is 323 g/mol. The molecule has 0 fully saturated rings. The number of carbonyl (C=O) groups excluding carboxylic acids is 1. The van der Waals surface area contributed by atoms with Crippen LogP contribution in [-0.2, 0) is 17.9 Å². The van der Waals surface area contributed by atoms with Gasteiger partial charge in [-0.25, -0.2) is 4.79 Å². The summed E-state index contributed by atoms with van der Waals surface area (Å²) in [5, 5.41) is 2.96. The van der Waals surface area contributed by atoms with E-state index in [1.54, 1.807) is 4.57 Å². The molecule has 0 unspecified atom stereocenters. The van der Waals surface area contributed by atoms with E-state index in [4.69, 9.17) is 0 Å². The molecule has 0 radical (unpaired) electrons. The summed E-state index contributed by atoms with van der Waals surface area (Å²) in [6, 6.07) is 17.2. The predicted octanol–water partition coefficient (Wildman–Crippen LogP) is 2.70. The van der Waals surface area contributed by atoms with E-state index >= 15 is 0 Å². The molecule has 0 bridgehead atoms. The third kappa shape index (κ3) is 2.97. The Hall–Kier alpha value is -2.82. The number of rotatable bonds is 5. The molecule has 0 aliphatic heterocycles. The summed E-state index contributed by atoms with van der Waals surface area (Å²) < 4.78 is 3.22. The van der Waals surface area contributed by atoms with Gasteiger partial charge in [0.05, 0.1) is 17.1 Å². The van der Waals surface area contributed by atoms with Crippen LogP contribution in [0.5, 0.6) is 0 Å². The summed E-state index contributed by atoms with van der Waals surface area (Å²) in [7, 11) is 0. The third-order valence-electron chi connectivity index (χ3n) is 4.22. The summed E-state index contributed by atoms with van der Waals surface area (Å²) in [6.45, 7) is 4.46. The molecule has 2 aromatic carbocycles. The number of aromatic nitrogens is 2. The Balaban J connectivity index is 1.84. The number of hydrogen-bond donors (Lipinski definition) is 1. The van der Waals surface area contributed by atoms with E-state index in [1.165, 1.54) is 4.57 Å². The maximum absolute atomic E-state index is 12.6. The van der Waals surface area contributed by atoms with Crippen molar-refractivity contribution in [3.63, 3.8) is 0 Å². The van der Waals surface area contributed by atoms with Crippen LogP contribution in [0.1, 0.15) is 25.5 Å². The molecular weight excluding hydrogens is 302 g/mol. The van der Waals surface area contributed by atoms with Crippen molar-refractivity contribution < 1.29 is 4.79 Å². The number of hydrogen-bond acceptors (Lipinski definition) is 2. The van der Waals surface area contributed by atoms with E-state index in [-0.39, 0.29) is 24.2 Å². The minimum atomic E-state index is -0.174. The molecule has 1 amide bonds. The van der Waals surface area contributed by atoms with Gasteiger partial charge in [-0.1, -0.05) is 42.5 Å². The first-order chi connectivity index (χ1) is 11.6. The molecule has 1 N–H and O–H groups in total. The second-order valence-electron chi connectivity index (χ2n) is 5.80. The summed E-state index contributed by atoms with van der Waals surface area (Å²) in [6.07, 6.45) is 0. The van der Waals surface area contributed by atoms with E-state index < -0.39 is 0 Å². The van der Waals surface area contributed by atoms with Gasteiger partial charge in [0.1, 0.15) is 6.54 Å². The molecule has 3 aromatic rings. The summed E-state index contributed by atoms with van der Waals surface area (Å²) in [5.74, 6) is -0.174. The van der Waals surface area contributed by atoms with E-state index in [0.717, 1.165) is 16.6 Å². The number of nitrogens with one attached hydrogen (secondary N) is 1. The van der Waals surface area contributed by atoms with Gasteiger partial charge in [0.15, 0.2) is 0 Å². The van der Waals surface area contributed by atoms with E-state index in [9.17, 15) is 9.59 Å². The Bertz CT molecular complexity index is 909. The van der Waals surface area contributed by atoms with Crippen LogP contribution in [0.4, 0.5) is 0 Å². The smallest absolute Gasteiger partial charge is 0.329 e. The molecule has 124 valence electrons. The normalized spacial score (nSPS) is 12.2. The van der Waals surface area contributed by atoms with Crippen LogP contribution in [0.2, 0.25) is 0 Å². The van der Waals surface area contributed by atoms with Gasteiger partial charge in [-0.05, 0) is 31.5 Å². The zero-order valence-corrected chi connectivity index (χ0v) is 13.9. The first-order valence-corrected chi connectivity index (χ1v) is 8.14. The van der Waals surface area contributed by atoms with Crippen LogP contribution < -0.4 is 11.0 Å². The van der Waals surface area contributed by atoms with E-state index in [2.05, 4.69) is 5.32 Å². The highest BCUT2D eigenvalue weighted by Gasteiger charge is 2.15. The molecule has 5 nitrogen and oxygen atoms in total. The number of carbonyl (C=O) groups is 1. The van der Waals surface area contributed by atoms with Gasteiger partial charge < -0.3 is 5.32 Å². The van der Waals surface area contributed by atoms with Crippen molar-refractivity contribution in [2.45, 2.75) is 33.0 Å². The van der Waals surface area contributed by atoms with Crippen LogP contribution in [-0.4, -0.2) is 15.0 Å². The number of aryl methyl sites for hydroxylation is 1. The maximum atomic E-state index is 12.6. The van der Waals surface area contributed by atoms with Crippen LogP contribution >= 0.6 is 0 Å². The maximum Gasteiger partial charge on any atom is 0.329 e. The highest BCUT2D eigenvalue weighted by Crippen LogP contribution is 2.14. The van der Waals surface area contributed by atoms with Gasteiger partial charge >= 0.3 is 5.69 Å². The minimum absolute atomic E-state index is 0.0174. The lowest BCUT2D eigenvalue weighted by Crippen LogP contribution is -2.34. The Morgan fingerprint density at radius 3 is 2.21 bits per heavy atom. The molecule has 1 aromatic heterocycles. The number of para-hydroxylation sites is 2. The van der Waals surface area contributed by atoms with Crippen molar-refractivity contribution >= 4 is 16.9 Å². The highest BCUT2D eigenvalue weighted by atomic mass is 16.2. The molecule has 1 atom stereocenters. The summed E-state index contributed by atoms with van der Waals surface area (Å²) in [4.78, 5) is 25.0. The summed E-state index contributed by atoms with van der Waals surface area (Å²) in [5.41, 5.74) is 2.52. The number of amides is 1. The highest BCUT2D eigenvalue weighted by molar-refractivity contribution is 5.81. The molecular formula is C19H21N3O2. The van der Waals surface area contributed by atoms with Gasteiger partial charge in [-0.3, -0.25) is 13.9 Å². The molecule has 3 rings (SSSR count). The van der Waals surface area contributed by atoms with Gasteiger partial charge in [-0.15, -0.1) is 0 Å². The SMILES string of the molecule is CCn1c(=O)n(CC(=O)N[C@@H](C)c2ccccc2)c2ccccc21. The lowest BCUT2D eigenvalue weighted by molar-refractivity contribution is -0.122. The fourth-order valence-corrected chi connectivity index (χ4v) is 2.99. The second kappa shape index (κ2) is 6.74. The monoisotopic (exact) mass is 323 g/mol. The molecule has 0 saturated carbocycles. The number of benzene rings is 2. The number of imidazole rings is 1. The van der Waals surface area contributed by atoms with Crippen LogP contribution in [0.15, 0.2) is 59.4 Å². The summed E-state index contributed by atoms with van der Waals surface area (Å²) >= 11 is 0. The fourth-order valence-electron chi connectivity index (χ4n) is 2.99. The van der Waals surface area contributed by atoms with Gasteiger partial charge in [-0.2, -0.15) is 0 Å². The third-order valence-corrected chi connectivity index (χ3v) is 4.22. The van der Waals surface area contributed by atoms with Crippen molar-refractivity contribution in [2.75, 3.05) is 0 Å². The number of fused-ring (bicyclic) bond motifs is 1. The second-order valence-corrected chi connectivity index (χ2v) is 5.80. The molecule has 5 heteroatoms. The first kappa shape index (κ1) is 16.1. The molecule has 0 spiro atoms. The standard InChI is InChI=1S/C19H21N3O2/c1-3-21-16-11-7-8-12-17(16)22(19(21)24)13-18(23)20-14(2)15-9-5-4-6-10-15/h4-12,14H,3,13H2,1-2H3,(H,20,23)/t14-/m0/s1. The molecule has 24 heavy (non-hydrogen) atoms. The topological polar surface area (TPSA) is 56.0 Å². The lowest BCUT2D eigenvalue weighted by atomic mass is 10.1. The fraction of sp³-hybridized carbons (Fsp3) is 0.263. The lowest BCUT2D eigenvalue weighted by Gasteiger charge is -2.14. The first-order valence-electron chi connectivity index (χ1n) is 8.14. The quantitative estimate of drug-likeness (QED) is 0.785. The Morgan fingerprint density at radius 1 is 1.00 bits per heavy atom. The van der Waals surface area contributed by atoms with Gasteiger partial charge in [0.2, 0.25) is 5.91 Å². The van der Waals surface area contributed by atoms with Crippen LogP contribution in [0.25, 0.3) is 11.0 Å². The molecule has 0 saturated heterocycles. The minimum Gasteiger partial charge on any atom is -0.348 e. The van der Waals surface area contributed by atoms with Crippen molar-refractivity contribution in [3.05, 3.63) is 70.6 Å². The van der Waals surface area contributed by atoms with E-state index in [0.29, 0.717) is 6.54 Å². The average Bonchev–Trinajstić information content (AvgIpc) is 2.87. The van der Waals surface area contributed by atoms with Crippen molar-refractivity contribution in [1.29, 1.82) is 0 Å². The number of nitrogens with zero attached hydrogens (tertiary/aromatic N) is 2. The van der Waals surface area contributed by atoms with Crippen molar-refractivity contribution in [3.8, 4) is 0 Å². The Morgan fingerprint density at radius 2 is 1.58 bits per heavy atom. The zero-order chi connectivity index (χ0) is 17.1. The Kier molecular flexibility index (Phi) is 4.51. The largest absolute Gasteiger partial charge is 0.348 e. The van der Waals surface area contributed by atoms with E-state index in [1.807, 2.05) is 68.4 Å². The van der Waals surface area contributed by atoms with Gasteiger partial charge in [0.25, 0.3) is 0 Å². The van der Waals surface area contributed by atoms with Crippen LogP contribution in [0, 0.1) is 0 Å². The van der Waals surface area contributed by atoms with Crippen LogP contribution in [0.3, 0.4) is 0 Å². The predicted molar refractivity (Wildman–Crippen MR) is 94.9 cm³/mol. The zero-order valence-electron chi connectivity index (χ0n) is 13.9. The molecule has 0 aliphatic rings. The van der Waals surface area contributed by atoms with Crippen molar-refractivity contribution in [2.24, 2.45) is 0 Å². The molecule has 0 aliphatic carbocycles. The molecule has 1 heterocycles. The Labute approximate surface area is 140 Å². The van der Waals surface area contributed by atoms with Gasteiger partial charge in [0, 0.05) is 6.54 Å². The van der Waals surface area contributed by atoms with Crippen molar-refractivity contribution in [1.82, 2.24) is 14.5 Å².